The van der Waals surface area contributed by atoms with Crippen molar-refractivity contribution in [1.29, 1.82) is 0 Å². The molecule has 26 heavy (non-hydrogen) atoms. The SMILES string of the molecule is Cc1ccc(NC(=O)CN2CCc3sccc3[C@H]2c2cccs2)c(C)c1. The molecule has 4 rings (SSSR count). The van der Waals surface area contributed by atoms with E-state index in [1.807, 2.05) is 30.4 Å². The molecule has 0 fully saturated rings. The Kier molecular flexibility index (Phi) is 4.94. The number of hydrogen-bond acceptors (Lipinski definition) is 4. The summed E-state index contributed by atoms with van der Waals surface area (Å²) in [5.74, 6) is 0.0530. The van der Waals surface area contributed by atoms with Crippen molar-refractivity contribution in [3.8, 4) is 0 Å². The van der Waals surface area contributed by atoms with E-state index in [-0.39, 0.29) is 11.9 Å². The summed E-state index contributed by atoms with van der Waals surface area (Å²) < 4.78 is 0. The molecule has 1 atom stereocenters. The lowest BCUT2D eigenvalue weighted by molar-refractivity contribution is -0.117. The van der Waals surface area contributed by atoms with E-state index in [0.29, 0.717) is 6.54 Å². The van der Waals surface area contributed by atoms with Crippen LogP contribution in [0, 0.1) is 13.8 Å². The number of nitrogens with one attached hydrogen (secondary N) is 1. The zero-order chi connectivity index (χ0) is 18.1. The van der Waals surface area contributed by atoms with Gasteiger partial charge in [0.2, 0.25) is 5.91 Å². The van der Waals surface area contributed by atoms with Crippen LogP contribution in [-0.4, -0.2) is 23.9 Å². The summed E-state index contributed by atoms with van der Waals surface area (Å²) in [6, 6.07) is 12.8. The molecular formula is C21H22N2OS2. The van der Waals surface area contributed by atoms with Crippen LogP contribution in [0.3, 0.4) is 0 Å². The first-order valence-corrected chi connectivity index (χ1v) is 10.6. The fourth-order valence-corrected chi connectivity index (χ4v) is 5.43. The fraction of sp³-hybridized carbons (Fsp3) is 0.286. The minimum atomic E-state index is 0.0530. The molecule has 0 saturated carbocycles. The molecule has 3 heterocycles. The lowest BCUT2D eigenvalue weighted by Gasteiger charge is -2.34. The van der Waals surface area contributed by atoms with Crippen molar-refractivity contribution in [2.24, 2.45) is 0 Å². The second-order valence-electron chi connectivity index (χ2n) is 6.80. The Morgan fingerprint density at radius 1 is 1.19 bits per heavy atom. The highest BCUT2D eigenvalue weighted by atomic mass is 32.1. The van der Waals surface area contributed by atoms with Crippen LogP contribution in [0.25, 0.3) is 0 Å². The van der Waals surface area contributed by atoms with E-state index < -0.39 is 0 Å². The molecule has 3 nitrogen and oxygen atoms in total. The minimum Gasteiger partial charge on any atom is -0.325 e. The molecule has 2 aromatic heterocycles. The lowest BCUT2D eigenvalue weighted by atomic mass is 9.98. The van der Waals surface area contributed by atoms with E-state index >= 15 is 0 Å². The molecule has 0 unspecified atom stereocenters. The molecule has 1 aliphatic heterocycles. The third-order valence-electron chi connectivity index (χ3n) is 4.88. The van der Waals surface area contributed by atoms with Gasteiger partial charge >= 0.3 is 0 Å². The van der Waals surface area contributed by atoms with Gasteiger partial charge in [-0.2, -0.15) is 0 Å². The molecule has 0 spiro atoms. The van der Waals surface area contributed by atoms with Gasteiger partial charge in [-0.25, -0.2) is 0 Å². The molecule has 1 amide bonds. The van der Waals surface area contributed by atoms with Crippen molar-refractivity contribution in [3.05, 3.63) is 73.6 Å². The van der Waals surface area contributed by atoms with Crippen LogP contribution in [0.2, 0.25) is 0 Å². The summed E-state index contributed by atoms with van der Waals surface area (Å²) in [6.07, 6.45) is 1.02. The van der Waals surface area contributed by atoms with Crippen molar-refractivity contribution < 1.29 is 4.79 Å². The van der Waals surface area contributed by atoms with E-state index in [1.54, 1.807) is 11.3 Å². The molecule has 1 N–H and O–H groups in total. The minimum absolute atomic E-state index is 0.0530. The standard InChI is InChI=1S/C21H22N2OS2/c1-14-5-6-17(15(2)12-14)22-20(24)13-23-9-7-18-16(8-11-26-18)21(23)19-4-3-10-25-19/h3-6,8,10-12,21H,7,9,13H2,1-2H3,(H,22,24)/t21-/m0/s1. The lowest BCUT2D eigenvalue weighted by Crippen LogP contribution is -2.40. The van der Waals surface area contributed by atoms with Crippen LogP contribution in [0.5, 0.6) is 0 Å². The van der Waals surface area contributed by atoms with Crippen molar-refractivity contribution in [3.63, 3.8) is 0 Å². The van der Waals surface area contributed by atoms with Gasteiger partial charge in [0.1, 0.15) is 0 Å². The molecule has 1 aromatic carbocycles. The summed E-state index contributed by atoms with van der Waals surface area (Å²) in [4.78, 5) is 17.8. The van der Waals surface area contributed by atoms with Gasteiger partial charge in [0.25, 0.3) is 0 Å². The smallest absolute Gasteiger partial charge is 0.238 e. The Morgan fingerprint density at radius 2 is 2.08 bits per heavy atom. The maximum Gasteiger partial charge on any atom is 0.238 e. The number of carbonyl (C=O) groups excluding carboxylic acids is 1. The van der Waals surface area contributed by atoms with Gasteiger partial charge in [0.05, 0.1) is 12.6 Å². The number of nitrogens with zero attached hydrogens (tertiary/aromatic N) is 1. The fourth-order valence-electron chi connectivity index (χ4n) is 3.65. The molecule has 0 radical (unpaired) electrons. The van der Waals surface area contributed by atoms with E-state index in [0.717, 1.165) is 24.2 Å². The van der Waals surface area contributed by atoms with E-state index in [9.17, 15) is 4.79 Å². The number of rotatable bonds is 4. The van der Waals surface area contributed by atoms with E-state index in [4.69, 9.17) is 0 Å². The third kappa shape index (κ3) is 3.47. The van der Waals surface area contributed by atoms with Gasteiger partial charge in [-0.05, 0) is 60.4 Å². The average molecular weight is 383 g/mol. The Morgan fingerprint density at radius 3 is 2.85 bits per heavy atom. The molecule has 3 aromatic rings. The third-order valence-corrected chi connectivity index (χ3v) is 6.80. The van der Waals surface area contributed by atoms with Crippen LogP contribution in [-0.2, 0) is 11.2 Å². The second kappa shape index (κ2) is 7.35. The number of benzene rings is 1. The molecule has 134 valence electrons. The number of aryl methyl sites for hydroxylation is 2. The summed E-state index contributed by atoms with van der Waals surface area (Å²) >= 11 is 3.60. The molecule has 1 aliphatic rings. The van der Waals surface area contributed by atoms with Crippen LogP contribution >= 0.6 is 22.7 Å². The largest absolute Gasteiger partial charge is 0.325 e. The molecule has 0 bridgehead atoms. The van der Waals surface area contributed by atoms with Crippen LogP contribution in [0.15, 0.2) is 47.2 Å². The highest BCUT2D eigenvalue weighted by Crippen LogP contribution is 2.39. The summed E-state index contributed by atoms with van der Waals surface area (Å²) in [7, 11) is 0. The summed E-state index contributed by atoms with van der Waals surface area (Å²) in [5, 5.41) is 7.38. The second-order valence-corrected chi connectivity index (χ2v) is 8.78. The quantitative estimate of drug-likeness (QED) is 0.688. The van der Waals surface area contributed by atoms with Crippen molar-refractivity contribution >= 4 is 34.3 Å². The maximum absolute atomic E-state index is 12.7. The zero-order valence-corrected chi connectivity index (χ0v) is 16.6. The van der Waals surface area contributed by atoms with Gasteiger partial charge in [-0.15, -0.1) is 22.7 Å². The van der Waals surface area contributed by atoms with Crippen molar-refractivity contribution in [2.45, 2.75) is 26.3 Å². The van der Waals surface area contributed by atoms with Gasteiger partial charge in [-0.3, -0.25) is 9.69 Å². The number of fused-ring (bicyclic) bond motifs is 1. The predicted molar refractivity (Wildman–Crippen MR) is 110 cm³/mol. The topological polar surface area (TPSA) is 32.3 Å². The first-order valence-electron chi connectivity index (χ1n) is 8.82. The zero-order valence-electron chi connectivity index (χ0n) is 15.0. The Hall–Kier alpha value is -1.95. The highest BCUT2D eigenvalue weighted by molar-refractivity contribution is 7.10. The monoisotopic (exact) mass is 382 g/mol. The first-order chi connectivity index (χ1) is 12.6. The normalized spacial score (nSPS) is 17.1. The van der Waals surface area contributed by atoms with Crippen LogP contribution < -0.4 is 5.32 Å². The maximum atomic E-state index is 12.7. The predicted octanol–water partition coefficient (Wildman–Crippen LogP) is 5.01. The molecular weight excluding hydrogens is 360 g/mol. The number of carbonyl (C=O) groups is 1. The molecule has 0 aliphatic carbocycles. The van der Waals surface area contributed by atoms with E-state index in [2.05, 4.69) is 52.2 Å². The van der Waals surface area contributed by atoms with Crippen molar-refractivity contribution in [1.82, 2.24) is 4.90 Å². The van der Waals surface area contributed by atoms with Crippen LogP contribution in [0.1, 0.15) is 32.5 Å². The summed E-state index contributed by atoms with van der Waals surface area (Å²) in [5.41, 5.74) is 4.58. The number of hydrogen-bond donors (Lipinski definition) is 1. The average Bonchev–Trinajstić information content (AvgIpc) is 3.28. The van der Waals surface area contributed by atoms with E-state index in [1.165, 1.54) is 20.9 Å². The first kappa shape index (κ1) is 17.5. The van der Waals surface area contributed by atoms with Gasteiger partial charge in [0.15, 0.2) is 0 Å². The van der Waals surface area contributed by atoms with Gasteiger partial charge in [-0.1, -0.05) is 23.8 Å². The molecule has 5 heteroatoms. The van der Waals surface area contributed by atoms with Crippen molar-refractivity contribution in [2.75, 3.05) is 18.4 Å². The molecule has 0 saturated heterocycles. The Bertz CT molecular complexity index is 914. The summed E-state index contributed by atoms with van der Waals surface area (Å²) in [6.45, 7) is 5.42. The van der Waals surface area contributed by atoms with Gasteiger partial charge in [0, 0.05) is 22.0 Å². The number of anilines is 1. The Labute approximate surface area is 162 Å². The highest BCUT2D eigenvalue weighted by Gasteiger charge is 2.31. The van der Waals surface area contributed by atoms with Gasteiger partial charge < -0.3 is 5.32 Å². The van der Waals surface area contributed by atoms with Crippen LogP contribution in [0.4, 0.5) is 5.69 Å². The number of amides is 1. The number of thiophene rings is 2. The Balaban J connectivity index is 1.54.